The van der Waals surface area contributed by atoms with Gasteiger partial charge in [0.25, 0.3) is 10.0 Å². The Hall–Kier alpha value is -2.63. The number of nitrogens with zero attached hydrogens (tertiary/aromatic N) is 4. The van der Waals surface area contributed by atoms with Gasteiger partial charge in [0.05, 0.1) is 12.5 Å². The van der Waals surface area contributed by atoms with Crippen LogP contribution >= 0.6 is 11.3 Å². The number of piperidine rings is 1. The van der Waals surface area contributed by atoms with Crippen LogP contribution in [0.3, 0.4) is 0 Å². The predicted octanol–water partition coefficient (Wildman–Crippen LogP) is 2.77. The van der Waals surface area contributed by atoms with Crippen LogP contribution in [0, 0.1) is 5.92 Å². The summed E-state index contributed by atoms with van der Waals surface area (Å²) in [6, 6.07) is 6.96. The highest BCUT2D eigenvalue weighted by molar-refractivity contribution is 7.91. The van der Waals surface area contributed by atoms with Crippen LogP contribution in [0.4, 0.5) is 0 Å². The zero-order valence-electron chi connectivity index (χ0n) is 16.7. The molecule has 31 heavy (non-hydrogen) atoms. The first-order valence-corrected chi connectivity index (χ1v) is 12.3. The number of ether oxygens (including phenoxy) is 1. The molecule has 4 rings (SSSR count). The van der Waals surface area contributed by atoms with Gasteiger partial charge in [0, 0.05) is 37.5 Å². The first-order chi connectivity index (χ1) is 15.0. The van der Waals surface area contributed by atoms with Crippen LogP contribution in [0.5, 0.6) is 0 Å². The number of carbonyl (C=O) groups is 1. The molecule has 4 heterocycles. The molecule has 0 spiro atoms. The molecule has 0 aromatic carbocycles. The SMILES string of the molecule is O=C(OCCCc1nc(-c2cccnc2)no1)C1CCN(S(=O)(=O)c2cccs2)CC1. The number of aromatic nitrogens is 3. The third-order valence-electron chi connectivity index (χ3n) is 5.04. The van der Waals surface area contributed by atoms with E-state index in [1.807, 2.05) is 6.07 Å². The molecule has 1 saturated heterocycles. The molecule has 11 heteroatoms. The second-order valence-electron chi connectivity index (χ2n) is 7.13. The Morgan fingerprint density at radius 2 is 2.10 bits per heavy atom. The molecule has 1 aliphatic rings. The maximum atomic E-state index is 12.6. The van der Waals surface area contributed by atoms with E-state index in [1.54, 1.807) is 36.0 Å². The number of carbonyl (C=O) groups excluding carboxylic acids is 1. The predicted molar refractivity (Wildman–Crippen MR) is 113 cm³/mol. The van der Waals surface area contributed by atoms with Crippen LogP contribution < -0.4 is 0 Å². The number of aryl methyl sites for hydroxylation is 1. The second kappa shape index (κ2) is 9.67. The van der Waals surface area contributed by atoms with Crippen molar-refractivity contribution in [2.24, 2.45) is 5.92 Å². The highest BCUT2D eigenvalue weighted by Crippen LogP contribution is 2.27. The van der Waals surface area contributed by atoms with Crippen LogP contribution in [-0.4, -0.2) is 53.5 Å². The molecule has 0 saturated carbocycles. The van der Waals surface area contributed by atoms with E-state index in [2.05, 4.69) is 15.1 Å². The fraction of sp³-hybridized carbons (Fsp3) is 0.400. The third kappa shape index (κ3) is 5.17. The topological polar surface area (TPSA) is 115 Å². The number of sulfonamides is 1. The molecule has 0 N–H and O–H groups in total. The minimum Gasteiger partial charge on any atom is -0.465 e. The maximum Gasteiger partial charge on any atom is 0.309 e. The molecule has 0 radical (unpaired) electrons. The standard InChI is InChI=1S/C20H22N4O5S2/c25-20(15-7-10-24(11-8-15)31(26,27)18-6-3-13-30-18)28-12-2-5-17-22-19(23-29-17)16-4-1-9-21-14-16/h1,3-4,6,9,13-15H,2,5,7-8,10-12H2. The van der Waals surface area contributed by atoms with Crippen molar-refractivity contribution >= 4 is 27.3 Å². The van der Waals surface area contributed by atoms with Gasteiger partial charge in [0.1, 0.15) is 4.21 Å². The Morgan fingerprint density at radius 3 is 2.81 bits per heavy atom. The summed E-state index contributed by atoms with van der Waals surface area (Å²) >= 11 is 1.20. The molecular weight excluding hydrogens is 440 g/mol. The molecule has 0 amide bonds. The number of rotatable bonds is 8. The normalized spacial score (nSPS) is 15.7. The van der Waals surface area contributed by atoms with Crippen LogP contribution in [0.15, 0.2) is 50.8 Å². The number of pyridine rings is 1. The van der Waals surface area contributed by atoms with Crippen molar-refractivity contribution < 1.29 is 22.5 Å². The molecule has 9 nitrogen and oxygen atoms in total. The molecule has 0 bridgehead atoms. The summed E-state index contributed by atoms with van der Waals surface area (Å²) in [5.41, 5.74) is 0.774. The van der Waals surface area contributed by atoms with E-state index < -0.39 is 10.0 Å². The van der Waals surface area contributed by atoms with Gasteiger partial charge in [-0.15, -0.1) is 11.3 Å². The van der Waals surface area contributed by atoms with Crippen LogP contribution in [0.1, 0.15) is 25.2 Å². The van der Waals surface area contributed by atoms with Crippen molar-refractivity contribution in [3.8, 4) is 11.4 Å². The molecule has 3 aromatic heterocycles. The van der Waals surface area contributed by atoms with E-state index in [0.29, 0.717) is 54.7 Å². The average molecular weight is 463 g/mol. The van der Waals surface area contributed by atoms with E-state index in [-0.39, 0.29) is 18.5 Å². The van der Waals surface area contributed by atoms with Gasteiger partial charge >= 0.3 is 5.97 Å². The molecule has 3 aromatic rings. The summed E-state index contributed by atoms with van der Waals surface area (Å²) in [7, 11) is -3.46. The van der Waals surface area contributed by atoms with Gasteiger partial charge in [-0.25, -0.2) is 8.42 Å². The third-order valence-corrected chi connectivity index (χ3v) is 8.32. The smallest absolute Gasteiger partial charge is 0.309 e. The van der Waals surface area contributed by atoms with Gasteiger partial charge in [-0.05, 0) is 42.8 Å². The van der Waals surface area contributed by atoms with Crippen LogP contribution in [0.2, 0.25) is 0 Å². The van der Waals surface area contributed by atoms with Crippen molar-refractivity contribution in [2.45, 2.75) is 29.9 Å². The summed E-state index contributed by atoms with van der Waals surface area (Å²) < 4.78 is 37.5. The first-order valence-electron chi connectivity index (χ1n) is 9.97. The van der Waals surface area contributed by atoms with E-state index in [1.165, 1.54) is 15.6 Å². The highest BCUT2D eigenvalue weighted by atomic mass is 32.2. The molecule has 1 aliphatic heterocycles. The second-order valence-corrected chi connectivity index (χ2v) is 10.2. The average Bonchev–Trinajstić information content (AvgIpc) is 3.50. The maximum absolute atomic E-state index is 12.6. The number of hydrogen-bond acceptors (Lipinski definition) is 9. The van der Waals surface area contributed by atoms with E-state index in [0.717, 1.165) is 5.56 Å². The molecule has 0 unspecified atom stereocenters. The van der Waals surface area contributed by atoms with Gasteiger partial charge in [0.2, 0.25) is 11.7 Å². The lowest BCUT2D eigenvalue weighted by Crippen LogP contribution is -2.40. The van der Waals surface area contributed by atoms with Crippen LogP contribution in [-0.2, 0) is 26.0 Å². The fourth-order valence-electron chi connectivity index (χ4n) is 3.35. The van der Waals surface area contributed by atoms with Gasteiger partial charge in [-0.3, -0.25) is 9.78 Å². The lowest BCUT2D eigenvalue weighted by atomic mass is 9.98. The molecular formula is C20H22N4O5S2. The van der Waals surface area contributed by atoms with Crippen molar-refractivity contribution in [3.05, 3.63) is 47.9 Å². The monoisotopic (exact) mass is 462 g/mol. The Kier molecular flexibility index (Phi) is 6.73. The number of hydrogen-bond donors (Lipinski definition) is 0. The van der Waals surface area contributed by atoms with Crippen molar-refractivity contribution in [1.29, 1.82) is 0 Å². The lowest BCUT2D eigenvalue weighted by Gasteiger charge is -2.29. The van der Waals surface area contributed by atoms with E-state index in [4.69, 9.17) is 9.26 Å². The Bertz CT molecular complexity index is 1090. The molecule has 0 aliphatic carbocycles. The zero-order valence-corrected chi connectivity index (χ0v) is 18.3. The van der Waals surface area contributed by atoms with Gasteiger partial charge in [0.15, 0.2) is 0 Å². The van der Waals surface area contributed by atoms with Gasteiger partial charge in [-0.1, -0.05) is 11.2 Å². The van der Waals surface area contributed by atoms with Gasteiger partial charge < -0.3 is 9.26 Å². The minimum atomic E-state index is -3.46. The van der Waals surface area contributed by atoms with Crippen molar-refractivity contribution in [3.63, 3.8) is 0 Å². The Balaban J connectivity index is 1.19. The largest absolute Gasteiger partial charge is 0.465 e. The lowest BCUT2D eigenvalue weighted by molar-refractivity contribution is -0.149. The van der Waals surface area contributed by atoms with E-state index in [9.17, 15) is 13.2 Å². The first kappa shape index (κ1) is 21.6. The van der Waals surface area contributed by atoms with Gasteiger partial charge in [-0.2, -0.15) is 9.29 Å². The summed E-state index contributed by atoms with van der Waals surface area (Å²) in [6.45, 7) is 0.884. The quantitative estimate of drug-likeness (QED) is 0.371. The summed E-state index contributed by atoms with van der Waals surface area (Å²) in [4.78, 5) is 20.7. The Labute approximate surface area is 184 Å². The number of esters is 1. The van der Waals surface area contributed by atoms with Crippen molar-refractivity contribution in [2.75, 3.05) is 19.7 Å². The molecule has 0 atom stereocenters. The minimum absolute atomic E-state index is 0.247. The van der Waals surface area contributed by atoms with Crippen LogP contribution in [0.25, 0.3) is 11.4 Å². The fourth-order valence-corrected chi connectivity index (χ4v) is 5.97. The summed E-state index contributed by atoms with van der Waals surface area (Å²) in [5.74, 6) is 0.386. The summed E-state index contributed by atoms with van der Waals surface area (Å²) in [5, 5.41) is 5.67. The zero-order chi connectivity index (χ0) is 21.7. The molecule has 1 fully saturated rings. The molecule has 164 valence electrons. The summed E-state index contributed by atoms with van der Waals surface area (Å²) in [6.07, 6.45) is 5.31. The Morgan fingerprint density at radius 1 is 1.26 bits per heavy atom. The highest BCUT2D eigenvalue weighted by Gasteiger charge is 2.33. The van der Waals surface area contributed by atoms with Crippen molar-refractivity contribution in [1.82, 2.24) is 19.4 Å². The van der Waals surface area contributed by atoms with E-state index >= 15 is 0 Å². The number of thiophene rings is 1.